The minimum absolute atomic E-state index is 0.546. The summed E-state index contributed by atoms with van der Waals surface area (Å²) >= 11 is 0. The average molecular weight is 321 g/mol. The van der Waals surface area contributed by atoms with Crippen molar-refractivity contribution in [2.24, 2.45) is 0 Å². The van der Waals surface area contributed by atoms with Crippen LogP contribution in [0.25, 0.3) is 0 Å². The Morgan fingerprint density at radius 2 is 1.88 bits per heavy atom. The van der Waals surface area contributed by atoms with E-state index in [0.717, 1.165) is 26.2 Å². The van der Waals surface area contributed by atoms with Crippen LogP contribution in [0.4, 0.5) is 0 Å². The molecule has 0 radical (unpaired) electrons. The molecule has 24 heavy (non-hydrogen) atoms. The zero-order valence-electron chi connectivity index (χ0n) is 13.9. The van der Waals surface area contributed by atoms with Crippen molar-refractivity contribution in [2.75, 3.05) is 19.6 Å². The molecule has 5 nitrogen and oxygen atoms in total. The zero-order chi connectivity index (χ0) is 16.4. The number of fused-ring (bicyclic) bond motifs is 1. The van der Waals surface area contributed by atoms with Crippen LogP contribution in [0.1, 0.15) is 29.8 Å². The molecule has 4 rings (SSSR count). The summed E-state index contributed by atoms with van der Waals surface area (Å²) in [5.74, 6) is 0. The van der Waals surface area contributed by atoms with Crippen molar-refractivity contribution in [1.29, 1.82) is 5.26 Å². The number of benzene rings is 1. The summed E-state index contributed by atoms with van der Waals surface area (Å²) in [6, 6.07) is 15.5. The molecule has 0 spiro atoms. The Kier molecular flexibility index (Phi) is 4.33. The Labute approximate surface area is 143 Å². The van der Waals surface area contributed by atoms with E-state index in [1.807, 2.05) is 10.7 Å². The van der Waals surface area contributed by atoms with Crippen LogP contribution in [-0.4, -0.2) is 45.3 Å². The summed E-state index contributed by atoms with van der Waals surface area (Å²) in [7, 11) is 0. The minimum Gasteiger partial charge on any atom is -0.299 e. The van der Waals surface area contributed by atoms with E-state index >= 15 is 0 Å². The second kappa shape index (κ2) is 6.76. The first kappa shape index (κ1) is 15.4. The number of aromatic nitrogens is 2. The van der Waals surface area contributed by atoms with Crippen molar-refractivity contribution in [3.63, 3.8) is 0 Å². The first-order valence-corrected chi connectivity index (χ1v) is 8.79. The molecule has 0 bridgehead atoms. The molecule has 1 saturated heterocycles. The van der Waals surface area contributed by atoms with Crippen LogP contribution in [0.2, 0.25) is 0 Å². The number of piperidine rings is 1. The minimum atomic E-state index is 0.546. The van der Waals surface area contributed by atoms with E-state index in [1.54, 1.807) is 0 Å². The van der Waals surface area contributed by atoms with Crippen LogP contribution >= 0.6 is 0 Å². The Hall–Kier alpha value is -2.16. The number of hydrogen-bond donors (Lipinski definition) is 0. The van der Waals surface area contributed by atoms with Crippen LogP contribution in [0, 0.1) is 11.3 Å². The summed E-state index contributed by atoms with van der Waals surface area (Å²) in [5.41, 5.74) is 3.14. The van der Waals surface area contributed by atoms with E-state index in [2.05, 4.69) is 51.3 Å². The van der Waals surface area contributed by atoms with Crippen molar-refractivity contribution in [2.45, 2.75) is 38.5 Å². The topological polar surface area (TPSA) is 48.1 Å². The maximum atomic E-state index is 9.01. The van der Waals surface area contributed by atoms with Crippen LogP contribution in [0.3, 0.4) is 0 Å². The molecule has 3 heterocycles. The fraction of sp³-hybridized carbons (Fsp3) is 0.474. The predicted molar refractivity (Wildman–Crippen MR) is 92.1 cm³/mol. The second-order valence-electron chi connectivity index (χ2n) is 6.82. The molecular weight excluding hydrogens is 298 g/mol. The standard InChI is InChI=1S/C19H23N5/c20-13-17-12-19-15-23(10-11-24(19)21-17)18-6-8-22(9-7-18)14-16-4-2-1-3-5-16/h1-5,12,18H,6-11,14-15H2. The summed E-state index contributed by atoms with van der Waals surface area (Å²) in [6.45, 7) is 6.27. The van der Waals surface area contributed by atoms with E-state index in [-0.39, 0.29) is 0 Å². The molecule has 1 aromatic carbocycles. The van der Waals surface area contributed by atoms with Gasteiger partial charge < -0.3 is 0 Å². The van der Waals surface area contributed by atoms with Gasteiger partial charge in [-0.15, -0.1) is 0 Å². The lowest BCUT2D eigenvalue weighted by Crippen LogP contribution is -2.47. The highest BCUT2D eigenvalue weighted by molar-refractivity contribution is 5.23. The fourth-order valence-electron chi connectivity index (χ4n) is 3.94. The SMILES string of the molecule is N#Cc1cc2n(n1)CCN(C1CCN(Cc3ccccc3)CC1)C2. The fourth-order valence-corrected chi connectivity index (χ4v) is 3.94. The van der Waals surface area contributed by atoms with Crippen LogP contribution in [0.5, 0.6) is 0 Å². The van der Waals surface area contributed by atoms with Gasteiger partial charge in [-0.3, -0.25) is 14.5 Å². The van der Waals surface area contributed by atoms with E-state index in [1.165, 1.54) is 37.2 Å². The average Bonchev–Trinajstić information content (AvgIpc) is 3.05. The molecule has 0 atom stereocenters. The summed E-state index contributed by atoms with van der Waals surface area (Å²) in [4.78, 5) is 5.14. The highest BCUT2D eigenvalue weighted by Crippen LogP contribution is 2.23. The van der Waals surface area contributed by atoms with Crippen molar-refractivity contribution >= 4 is 0 Å². The van der Waals surface area contributed by atoms with Gasteiger partial charge in [0.2, 0.25) is 0 Å². The summed E-state index contributed by atoms with van der Waals surface area (Å²) in [5, 5.41) is 13.3. The maximum Gasteiger partial charge on any atom is 0.162 e. The third-order valence-electron chi connectivity index (χ3n) is 5.26. The van der Waals surface area contributed by atoms with Gasteiger partial charge in [0.1, 0.15) is 6.07 Å². The first-order chi connectivity index (χ1) is 11.8. The largest absolute Gasteiger partial charge is 0.299 e. The predicted octanol–water partition coefficient (Wildman–Crippen LogP) is 2.23. The monoisotopic (exact) mass is 321 g/mol. The van der Waals surface area contributed by atoms with Crippen molar-refractivity contribution in [1.82, 2.24) is 19.6 Å². The molecule has 5 heteroatoms. The highest BCUT2D eigenvalue weighted by atomic mass is 15.3. The van der Waals surface area contributed by atoms with Gasteiger partial charge in [0, 0.05) is 25.7 Å². The van der Waals surface area contributed by atoms with Gasteiger partial charge in [-0.2, -0.15) is 10.4 Å². The molecule has 2 aliphatic heterocycles. The van der Waals surface area contributed by atoms with Crippen molar-refractivity contribution in [3.8, 4) is 6.07 Å². The lowest BCUT2D eigenvalue weighted by molar-refractivity contribution is 0.0822. The quantitative estimate of drug-likeness (QED) is 0.870. The van der Waals surface area contributed by atoms with E-state index in [0.29, 0.717) is 11.7 Å². The van der Waals surface area contributed by atoms with Gasteiger partial charge in [-0.25, -0.2) is 0 Å². The molecule has 1 fully saturated rings. The molecule has 1 aromatic heterocycles. The molecule has 124 valence electrons. The molecule has 2 aromatic rings. The number of likely N-dealkylation sites (tertiary alicyclic amines) is 1. The van der Waals surface area contributed by atoms with Crippen LogP contribution in [-0.2, 0) is 19.6 Å². The van der Waals surface area contributed by atoms with Gasteiger partial charge in [-0.05, 0) is 37.6 Å². The number of nitriles is 1. The lowest BCUT2D eigenvalue weighted by Gasteiger charge is -2.40. The molecule has 0 saturated carbocycles. The van der Waals surface area contributed by atoms with Crippen molar-refractivity contribution < 1.29 is 0 Å². The molecule has 0 N–H and O–H groups in total. The van der Waals surface area contributed by atoms with Gasteiger partial charge in [-0.1, -0.05) is 30.3 Å². The number of nitrogens with zero attached hydrogens (tertiary/aromatic N) is 5. The van der Waals surface area contributed by atoms with Gasteiger partial charge in [0.05, 0.1) is 12.2 Å². The number of rotatable bonds is 3. The Balaban J connectivity index is 1.32. The van der Waals surface area contributed by atoms with Crippen LogP contribution in [0.15, 0.2) is 36.4 Å². The van der Waals surface area contributed by atoms with E-state index in [9.17, 15) is 0 Å². The van der Waals surface area contributed by atoms with Gasteiger partial charge in [0.15, 0.2) is 5.69 Å². The second-order valence-corrected chi connectivity index (χ2v) is 6.82. The van der Waals surface area contributed by atoms with Crippen molar-refractivity contribution in [3.05, 3.63) is 53.3 Å². The Morgan fingerprint density at radius 1 is 1.08 bits per heavy atom. The smallest absolute Gasteiger partial charge is 0.162 e. The maximum absolute atomic E-state index is 9.01. The third-order valence-corrected chi connectivity index (χ3v) is 5.26. The molecule has 2 aliphatic rings. The van der Waals surface area contributed by atoms with E-state index < -0.39 is 0 Å². The summed E-state index contributed by atoms with van der Waals surface area (Å²) < 4.78 is 2.00. The lowest BCUT2D eigenvalue weighted by atomic mass is 10.0. The van der Waals surface area contributed by atoms with Crippen LogP contribution < -0.4 is 0 Å². The third kappa shape index (κ3) is 3.21. The first-order valence-electron chi connectivity index (χ1n) is 8.79. The summed E-state index contributed by atoms with van der Waals surface area (Å²) in [6.07, 6.45) is 2.46. The normalized spacial score (nSPS) is 19.8. The molecule has 0 amide bonds. The van der Waals surface area contributed by atoms with Gasteiger partial charge in [0.25, 0.3) is 0 Å². The number of hydrogen-bond acceptors (Lipinski definition) is 4. The van der Waals surface area contributed by atoms with Gasteiger partial charge >= 0.3 is 0 Å². The molecule has 0 aliphatic carbocycles. The highest BCUT2D eigenvalue weighted by Gasteiger charge is 2.28. The molecule has 0 unspecified atom stereocenters. The Bertz CT molecular complexity index is 722. The van der Waals surface area contributed by atoms with E-state index in [4.69, 9.17) is 5.26 Å². The molecular formula is C19H23N5. The Morgan fingerprint density at radius 3 is 2.62 bits per heavy atom. The zero-order valence-corrected chi connectivity index (χ0v) is 13.9.